The Hall–Kier alpha value is -3.30. The van der Waals surface area contributed by atoms with Crippen LogP contribution in [0.15, 0.2) is 12.4 Å². The molecule has 0 radical (unpaired) electrons. The summed E-state index contributed by atoms with van der Waals surface area (Å²) in [7, 11) is 0. The highest BCUT2D eigenvalue weighted by Crippen LogP contribution is 2.21. The molecule has 138 valence electrons. The predicted molar refractivity (Wildman–Crippen MR) is 86.6 cm³/mol. The number of carbonyl (C=O) groups excluding carboxylic acids is 3. The number of aromatic nitrogens is 4. The Bertz CT molecular complexity index is 837. The van der Waals surface area contributed by atoms with Crippen LogP contribution in [0.3, 0.4) is 0 Å². The van der Waals surface area contributed by atoms with Gasteiger partial charge < -0.3 is 19.8 Å². The number of esters is 1. The number of Topliss-reactive ketones (excluding diaryl/α,β-unsaturated/α-hetero) is 2. The summed E-state index contributed by atoms with van der Waals surface area (Å²) < 4.78 is 5.32. The van der Waals surface area contributed by atoms with E-state index >= 15 is 0 Å². The van der Waals surface area contributed by atoms with E-state index in [2.05, 4.69) is 19.9 Å². The molecule has 0 aliphatic heterocycles. The summed E-state index contributed by atoms with van der Waals surface area (Å²) in [6, 6.07) is 0. The van der Waals surface area contributed by atoms with Crippen molar-refractivity contribution < 1.29 is 29.0 Å². The first kappa shape index (κ1) is 19.0. The third-order valence-electron chi connectivity index (χ3n) is 3.44. The quantitative estimate of drug-likeness (QED) is 0.444. The van der Waals surface area contributed by atoms with Gasteiger partial charge in [0.15, 0.2) is 29.3 Å². The van der Waals surface area contributed by atoms with Gasteiger partial charge in [-0.25, -0.2) is 9.97 Å². The van der Waals surface area contributed by atoms with E-state index < -0.39 is 18.0 Å². The maximum Gasteiger partial charge on any atom is 0.307 e. The molecular formula is C16H18N4O6. The second-order valence-corrected chi connectivity index (χ2v) is 5.60. The highest BCUT2D eigenvalue weighted by Gasteiger charge is 2.23. The van der Waals surface area contributed by atoms with Crippen LogP contribution in [-0.4, -0.2) is 48.5 Å². The molecule has 10 heteroatoms. The van der Waals surface area contributed by atoms with Gasteiger partial charge in [0.05, 0.1) is 24.2 Å². The summed E-state index contributed by atoms with van der Waals surface area (Å²) in [5.74, 6) is -2.08. The molecule has 0 amide bonds. The Morgan fingerprint density at radius 3 is 2.19 bits per heavy atom. The van der Waals surface area contributed by atoms with Crippen LogP contribution in [0.25, 0.3) is 0 Å². The van der Waals surface area contributed by atoms with Crippen LogP contribution in [0.4, 0.5) is 0 Å². The van der Waals surface area contributed by atoms with Crippen molar-refractivity contribution in [3.8, 4) is 0 Å². The highest BCUT2D eigenvalue weighted by molar-refractivity contribution is 5.90. The average Bonchev–Trinajstić information content (AvgIpc) is 3.21. The summed E-state index contributed by atoms with van der Waals surface area (Å²) in [4.78, 5) is 58.8. The topological polar surface area (TPSA) is 155 Å². The maximum atomic E-state index is 11.9. The van der Waals surface area contributed by atoms with Crippen LogP contribution < -0.4 is 0 Å². The summed E-state index contributed by atoms with van der Waals surface area (Å²) in [6.45, 7) is 2.70. The number of ketones is 2. The lowest BCUT2D eigenvalue weighted by molar-refractivity contribution is -0.152. The number of aliphatic carboxylic acids is 1. The molecule has 0 aliphatic carbocycles. The van der Waals surface area contributed by atoms with Crippen molar-refractivity contribution in [3.63, 3.8) is 0 Å². The van der Waals surface area contributed by atoms with Crippen LogP contribution >= 0.6 is 0 Å². The third kappa shape index (κ3) is 5.10. The molecule has 0 saturated heterocycles. The molecule has 2 rings (SSSR count). The van der Waals surface area contributed by atoms with E-state index in [9.17, 15) is 19.2 Å². The van der Waals surface area contributed by atoms with E-state index in [-0.39, 0.29) is 42.5 Å². The Morgan fingerprint density at radius 1 is 1.04 bits per heavy atom. The van der Waals surface area contributed by atoms with E-state index in [1.54, 1.807) is 0 Å². The van der Waals surface area contributed by atoms with Gasteiger partial charge in [0, 0.05) is 32.7 Å². The van der Waals surface area contributed by atoms with Crippen molar-refractivity contribution >= 4 is 23.5 Å². The summed E-state index contributed by atoms with van der Waals surface area (Å²) in [5, 5.41) is 8.66. The Morgan fingerprint density at radius 2 is 1.65 bits per heavy atom. The number of carbonyl (C=O) groups is 4. The third-order valence-corrected chi connectivity index (χ3v) is 3.44. The number of nitrogens with one attached hydrogen (secondary N) is 2. The lowest BCUT2D eigenvalue weighted by Gasteiger charge is -2.14. The monoisotopic (exact) mass is 362 g/mol. The van der Waals surface area contributed by atoms with E-state index in [1.165, 1.54) is 26.2 Å². The molecule has 0 spiro atoms. The molecule has 0 saturated carbocycles. The van der Waals surface area contributed by atoms with Crippen molar-refractivity contribution in [1.82, 2.24) is 19.9 Å². The first-order valence-electron chi connectivity index (χ1n) is 7.79. The van der Waals surface area contributed by atoms with Gasteiger partial charge >= 0.3 is 11.9 Å². The number of nitrogens with zero attached hydrogens (tertiary/aromatic N) is 2. The van der Waals surface area contributed by atoms with Gasteiger partial charge in [0.1, 0.15) is 0 Å². The number of hydrogen-bond acceptors (Lipinski definition) is 7. The number of carboxylic acid groups (broad SMARTS) is 1. The number of ether oxygens (including phenoxy) is 1. The van der Waals surface area contributed by atoms with Gasteiger partial charge in [-0.15, -0.1) is 0 Å². The van der Waals surface area contributed by atoms with Gasteiger partial charge in [-0.1, -0.05) is 0 Å². The van der Waals surface area contributed by atoms with E-state index in [1.807, 2.05) is 0 Å². The van der Waals surface area contributed by atoms with Crippen LogP contribution in [0.2, 0.25) is 0 Å². The molecule has 1 atom stereocenters. The molecule has 1 unspecified atom stereocenters. The molecule has 10 nitrogen and oxygen atoms in total. The normalized spacial score (nSPS) is 11.8. The molecule has 0 fully saturated rings. The number of imidazole rings is 2. The Kier molecular flexibility index (Phi) is 5.99. The van der Waals surface area contributed by atoms with E-state index in [4.69, 9.17) is 9.84 Å². The smallest absolute Gasteiger partial charge is 0.307 e. The second kappa shape index (κ2) is 8.19. The molecule has 3 N–H and O–H groups in total. The number of aromatic amines is 2. The Labute approximate surface area is 148 Å². The number of carboxylic acids is 1. The molecule has 0 aliphatic rings. The van der Waals surface area contributed by atoms with Crippen molar-refractivity contribution in [2.45, 2.75) is 39.2 Å². The minimum atomic E-state index is -1.12. The number of rotatable bonds is 9. The summed E-state index contributed by atoms with van der Waals surface area (Å²) in [6.07, 6.45) is 1.50. The van der Waals surface area contributed by atoms with Gasteiger partial charge in [0.25, 0.3) is 0 Å². The van der Waals surface area contributed by atoms with Crippen molar-refractivity contribution in [2.24, 2.45) is 0 Å². The van der Waals surface area contributed by atoms with Crippen LogP contribution in [0.1, 0.15) is 65.4 Å². The lowest BCUT2D eigenvalue weighted by Crippen LogP contribution is -2.15. The zero-order chi connectivity index (χ0) is 19.3. The maximum absolute atomic E-state index is 11.9. The van der Waals surface area contributed by atoms with Crippen molar-refractivity contribution in [1.29, 1.82) is 0 Å². The molecular weight excluding hydrogens is 344 g/mol. The SMILES string of the molecule is CC(=O)c1nc(CC(OC(=O)CCC(=O)O)c2c[nH]c(C(C)=O)n2)c[nH]1. The van der Waals surface area contributed by atoms with Crippen molar-refractivity contribution in [3.05, 3.63) is 35.4 Å². The fourth-order valence-electron chi connectivity index (χ4n) is 2.15. The standard InChI is InChI=1S/C16H18N4O6/c1-8(21)15-17-6-10(19-15)5-12(26-14(25)4-3-13(23)24)11-7-18-16(20-11)9(2)22/h6-7,12H,3-5H2,1-2H3,(H,17,19)(H,18,20)(H,23,24). The van der Waals surface area contributed by atoms with E-state index in [0.29, 0.717) is 11.4 Å². The Balaban J connectivity index is 2.18. The fourth-order valence-corrected chi connectivity index (χ4v) is 2.15. The fraction of sp³-hybridized carbons (Fsp3) is 0.375. The second-order valence-electron chi connectivity index (χ2n) is 5.60. The first-order chi connectivity index (χ1) is 12.3. The van der Waals surface area contributed by atoms with Gasteiger partial charge in [-0.05, 0) is 0 Å². The predicted octanol–water partition coefficient (Wildman–Crippen LogP) is 1.23. The summed E-state index contributed by atoms with van der Waals surface area (Å²) in [5.41, 5.74) is 0.754. The molecule has 2 aromatic heterocycles. The van der Waals surface area contributed by atoms with Gasteiger partial charge in [-0.2, -0.15) is 0 Å². The number of hydrogen-bond donors (Lipinski definition) is 3. The molecule has 2 heterocycles. The van der Waals surface area contributed by atoms with Crippen LogP contribution in [0.5, 0.6) is 0 Å². The number of H-pyrrole nitrogens is 2. The molecule has 0 bridgehead atoms. The largest absolute Gasteiger partial charge is 0.481 e. The average molecular weight is 362 g/mol. The minimum Gasteiger partial charge on any atom is -0.481 e. The zero-order valence-electron chi connectivity index (χ0n) is 14.2. The van der Waals surface area contributed by atoms with E-state index in [0.717, 1.165) is 0 Å². The van der Waals surface area contributed by atoms with Gasteiger partial charge in [-0.3, -0.25) is 19.2 Å². The van der Waals surface area contributed by atoms with Crippen LogP contribution in [0, 0.1) is 0 Å². The van der Waals surface area contributed by atoms with Crippen molar-refractivity contribution in [2.75, 3.05) is 0 Å². The molecule has 26 heavy (non-hydrogen) atoms. The summed E-state index contributed by atoms with van der Waals surface area (Å²) >= 11 is 0. The molecule has 2 aromatic rings. The van der Waals surface area contributed by atoms with Crippen LogP contribution in [-0.2, 0) is 20.7 Å². The van der Waals surface area contributed by atoms with Gasteiger partial charge in [0.2, 0.25) is 0 Å². The zero-order valence-corrected chi connectivity index (χ0v) is 14.2. The first-order valence-corrected chi connectivity index (χ1v) is 7.79. The molecule has 0 aromatic carbocycles. The highest BCUT2D eigenvalue weighted by atomic mass is 16.5. The minimum absolute atomic E-state index is 0.102. The lowest BCUT2D eigenvalue weighted by atomic mass is 10.1.